The molecule has 9 heteroatoms. The zero-order valence-corrected chi connectivity index (χ0v) is 16.2. The minimum atomic E-state index is -0.496. The summed E-state index contributed by atoms with van der Waals surface area (Å²) in [5.41, 5.74) is 0.915. The third-order valence-electron chi connectivity index (χ3n) is 3.20. The molecule has 0 aliphatic heterocycles. The van der Waals surface area contributed by atoms with E-state index < -0.39 is 5.97 Å². The number of carbonyl (C=O) groups excluding carboxylic acids is 2. The summed E-state index contributed by atoms with van der Waals surface area (Å²) in [4.78, 5) is 29.8. The second-order valence-corrected chi connectivity index (χ2v) is 6.83. The van der Waals surface area contributed by atoms with Gasteiger partial charge in [0.2, 0.25) is 0 Å². The first-order chi connectivity index (χ1) is 12.0. The van der Waals surface area contributed by atoms with Crippen molar-refractivity contribution in [2.45, 2.75) is 6.54 Å². The Morgan fingerprint density at radius 2 is 2.16 bits per heavy atom. The molecule has 2 rings (SSSR count). The van der Waals surface area contributed by atoms with Gasteiger partial charge in [-0.25, -0.2) is 14.6 Å². The maximum atomic E-state index is 12.6. The largest absolute Gasteiger partial charge is 0.464 e. The highest BCUT2D eigenvalue weighted by Crippen LogP contribution is 2.17. The molecule has 0 aliphatic carbocycles. The van der Waals surface area contributed by atoms with Gasteiger partial charge < -0.3 is 19.7 Å². The van der Waals surface area contributed by atoms with Crippen LogP contribution in [0.25, 0.3) is 0 Å². The van der Waals surface area contributed by atoms with Crippen molar-refractivity contribution >= 4 is 45.0 Å². The maximum absolute atomic E-state index is 12.6. The maximum Gasteiger partial charge on any atom is 0.357 e. The average Bonchev–Trinajstić information content (AvgIpc) is 3.06. The van der Waals surface area contributed by atoms with Crippen LogP contribution in [0.4, 0.5) is 10.5 Å². The van der Waals surface area contributed by atoms with Crippen molar-refractivity contribution in [3.05, 3.63) is 44.8 Å². The second-order valence-electron chi connectivity index (χ2n) is 4.97. The minimum absolute atomic E-state index is 0.238. The first-order valence-corrected chi connectivity index (χ1v) is 9.04. The van der Waals surface area contributed by atoms with E-state index in [-0.39, 0.29) is 18.3 Å². The molecule has 1 N–H and O–H groups in total. The number of urea groups is 1. The number of ether oxygens (including phenoxy) is 2. The van der Waals surface area contributed by atoms with Gasteiger partial charge in [-0.3, -0.25) is 0 Å². The minimum Gasteiger partial charge on any atom is -0.464 e. The van der Waals surface area contributed by atoms with Crippen LogP contribution in [0.3, 0.4) is 0 Å². The molecule has 0 saturated carbocycles. The Morgan fingerprint density at radius 3 is 2.84 bits per heavy atom. The molecule has 7 nitrogen and oxygen atoms in total. The Kier molecular flexibility index (Phi) is 7.35. The van der Waals surface area contributed by atoms with Crippen LogP contribution in [0, 0.1) is 0 Å². The SMILES string of the molecule is COCCN(Cc1nc(C(=O)OC)cs1)C(=O)Nc1cccc(Br)c1. The average molecular weight is 428 g/mol. The van der Waals surface area contributed by atoms with Gasteiger partial charge in [0.15, 0.2) is 5.69 Å². The zero-order chi connectivity index (χ0) is 18.2. The Labute approximate surface area is 158 Å². The standard InChI is InChI=1S/C16H18BrN3O4S/c1-23-7-6-20(9-14-19-13(10-25-14)15(21)24-2)16(22)18-12-5-3-4-11(17)8-12/h3-5,8,10H,6-7,9H2,1-2H3,(H,18,22). The summed E-state index contributed by atoms with van der Waals surface area (Å²) >= 11 is 4.67. The predicted molar refractivity (Wildman–Crippen MR) is 98.9 cm³/mol. The quantitative estimate of drug-likeness (QED) is 0.684. The molecule has 2 aromatic rings. The summed E-state index contributed by atoms with van der Waals surface area (Å²) in [6, 6.07) is 7.05. The van der Waals surface area contributed by atoms with Crippen LogP contribution >= 0.6 is 27.3 Å². The number of aromatic nitrogens is 1. The number of methoxy groups -OCH3 is 2. The summed E-state index contributed by atoms with van der Waals surface area (Å²) in [6.45, 7) is 1.05. The van der Waals surface area contributed by atoms with E-state index >= 15 is 0 Å². The molecule has 0 atom stereocenters. The van der Waals surface area contributed by atoms with Crippen LogP contribution in [0.15, 0.2) is 34.1 Å². The Balaban J connectivity index is 2.08. The van der Waals surface area contributed by atoms with Gasteiger partial charge in [-0.1, -0.05) is 22.0 Å². The lowest BCUT2D eigenvalue weighted by molar-refractivity contribution is 0.0594. The molecule has 0 spiro atoms. The third-order valence-corrected chi connectivity index (χ3v) is 4.53. The van der Waals surface area contributed by atoms with Gasteiger partial charge >= 0.3 is 12.0 Å². The molecule has 0 saturated heterocycles. The first-order valence-electron chi connectivity index (χ1n) is 7.36. The van der Waals surface area contributed by atoms with Crippen molar-refractivity contribution in [1.29, 1.82) is 0 Å². The monoisotopic (exact) mass is 427 g/mol. The van der Waals surface area contributed by atoms with Crippen LogP contribution < -0.4 is 5.32 Å². The summed E-state index contributed by atoms with van der Waals surface area (Å²) in [5, 5.41) is 5.09. The van der Waals surface area contributed by atoms with Crippen molar-refractivity contribution in [3.63, 3.8) is 0 Å². The number of hydrogen-bond acceptors (Lipinski definition) is 6. The van der Waals surface area contributed by atoms with Crippen LogP contribution in [-0.4, -0.2) is 49.3 Å². The molecule has 0 bridgehead atoms. The number of benzene rings is 1. The smallest absolute Gasteiger partial charge is 0.357 e. The van der Waals surface area contributed by atoms with Gasteiger partial charge in [-0.15, -0.1) is 11.3 Å². The number of thiazole rings is 1. The Hall–Kier alpha value is -1.97. The lowest BCUT2D eigenvalue weighted by Gasteiger charge is -2.21. The van der Waals surface area contributed by atoms with Crippen molar-refractivity contribution in [3.8, 4) is 0 Å². The molecule has 1 aromatic carbocycles. The molecule has 1 heterocycles. The molecule has 25 heavy (non-hydrogen) atoms. The topological polar surface area (TPSA) is 80.8 Å². The van der Waals surface area contributed by atoms with Crippen molar-refractivity contribution in [2.75, 3.05) is 32.7 Å². The van der Waals surface area contributed by atoms with Crippen molar-refractivity contribution in [1.82, 2.24) is 9.88 Å². The molecular formula is C16H18BrN3O4S. The fourth-order valence-electron chi connectivity index (χ4n) is 1.97. The lowest BCUT2D eigenvalue weighted by Crippen LogP contribution is -2.36. The number of nitrogens with one attached hydrogen (secondary N) is 1. The normalized spacial score (nSPS) is 10.4. The third kappa shape index (κ3) is 5.80. The number of nitrogens with zero attached hydrogens (tertiary/aromatic N) is 2. The van der Waals surface area contributed by atoms with E-state index in [1.54, 1.807) is 23.5 Å². The summed E-state index contributed by atoms with van der Waals surface area (Å²) < 4.78 is 10.6. The van der Waals surface area contributed by atoms with E-state index in [1.165, 1.54) is 18.4 Å². The van der Waals surface area contributed by atoms with E-state index in [9.17, 15) is 9.59 Å². The fraction of sp³-hybridized carbons (Fsp3) is 0.312. The Bertz CT molecular complexity index is 738. The summed E-state index contributed by atoms with van der Waals surface area (Å²) in [7, 11) is 2.88. The molecule has 0 aliphatic rings. The molecule has 0 unspecified atom stereocenters. The van der Waals surface area contributed by atoms with E-state index in [2.05, 4.69) is 31.0 Å². The number of amides is 2. The van der Waals surface area contributed by atoms with Gasteiger partial charge in [0.1, 0.15) is 5.01 Å². The second kappa shape index (κ2) is 9.50. The summed E-state index contributed by atoms with van der Waals surface area (Å²) in [5.74, 6) is -0.496. The van der Waals surface area contributed by atoms with Gasteiger partial charge in [-0.05, 0) is 18.2 Å². The number of halogens is 1. The molecule has 0 fully saturated rings. The van der Waals surface area contributed by atoms with Crippen LogP contribution in [0.5, 0.6) is 0 Å². The molecule has 0 radical (unpaired) electrons. The van der Waals surface area contributed by atoms with Crippen molar-refractivity contribution in [2.24, 2.45) is 0 Å². The van der Waals surface area contributed by atoms with E-state index in [4.69, 9.17) is 4.74 Å². The van der Waals surface area contributed by atoms with Gasteiger partial charge in [0.05, 0.1) is 20.3 Å². The first kappa shape index (κ1) is 19.4. The van der Waals surface area contributed by atoms with E-state index in [1.807, 2.05) is 18.2 Å². The highest BCUT2D eigenvalue weighted by molar-refractivity contribution is 9.10. The number of hydrogen-bond donors (Lipinski definition) is 1. The van der Waals surface area contributed by atoms with Crippen LogP contribution in [0.2, 0.25) is 0 Å². The van der Waals surface area contributed by atoms with Crippen LogP contribution in [-0.2, 0) is 16.0 Å². The number of esters is 1. The predicted octanol–water partition coefficient (Wildman–Crippen LogP) is 3.37. The highest BCUT2D eigenvalue weighted by Gasteiger charge is 2.18. The van der Waals surface area contributed by atoms with E-state index in [0.717, 1.165) is 4.47 Å². The molecule has 1 aromatic heterocycles. The fourth-order valence-corrected chi connectivity index (χ4v) is 3.15. The van der Waals surface area contributed by atoms with E-state index in [0.29, 0.717) is 23.8 Å². The van der Waals surface area contributed by atoms with Crippen molar-refractivity contribution < 1.29 is 19.1 Å². The molecule has 134 valence electrons. The number of carbonyl (C=O) groups is 2. The summed E-state index contributed by atoms with van der Waals surface area (Å²) in [6.07, 6.45) is 0. The number of anilines is 1. The highest BCUT2D eigenvalue weighted by atomic mass is 79.9. The Morgan fingerprint density at radius 1 is 1.36 bits per heavy atom. The number of rotatable bonds is 7. The van der Waals surface area contributed by atoms with Gasteiger partial charge in [0, 0.05) is 29.2 Å². The van der Waals surface area contributed by atoms with Gasteiger partial charge in [0.25, 0.3) is 0 Å². The zero-order valence-electron chi connectivity index (χ0n) is 13.8. The molecular weight excluding hydrogens is 410 g/mol. The van der Waals surface area contributed by atoms with Crippen LogP contribution in [0.1, 0.15) is 15.5 Å². The van der Waals surface area contributed by atoms with Gasteiger partial charge in [-0.2, -0.15) is 0 Å². The lowest BCUT2D eigenvalue weighted by atomic mass is 10.3. The molecule has 2 amide bonds.